The van der Waals surface area contributed by atoms with Crippen molar-refractivity contribution in [2.75, 3.05) is 0 Å². The standard InChI is InChI=1S/C35H32N2O/c1-26(38)29(20-30-24-36(22-27-12-4-2-5-13-27)34-18-10-8-16-32(30)34)21-31-25-37(23-28-14-6-3-7-15-28)35-19-11-9-17-33(31)35/h2-19,24-25,29H,20-23H2,1H3. The first kappa shape index (κ1) is 24.0. The third-order valence-electron chi connectivity index (χ3n) is 7.64. The third kappa shape index (κ3) is 4.92. The molecular formula is C35H32N2O. The van der Waals surface area contributed by atoms with Crippen molar-refractivity contribution in [1.82, 2.24) is 9.13 Å². The Balaban J connectivity index is 1.32. The highest BCUT2D eigenvalue weighted by Gasteiger charge is 2.21. The minimum absolute atomic E-state index is 0.0815. The Bertz CT molecular complexity index is 1570. The van der Waals surface area contributed by atoms with Crippen LogP contribution in [0.3, 0.4) is 0 Å². The summed E-state index contributed by atoms with van der Waals surface area (Å²) in [4.78, 5) is 13.0. The van der Waals surface area contributed by atoms with Gasteiger partial charge < -0.3 is 9.13 Å². The van der Waals surface area contributed by atoms with Crippen molar-refractivity contribution in [2.24, 2.45) is 5.92 Å². The number of aromatic nitrogens is 2. The van der Waals surface area contributed by atoms with Gasteiger partial charge in [0.2, 0.25) is 0 Å². The van der Waals surface area contributed by atoms with Crippen molar-refractivity contribution < 1.29 is 4.79 Å². The number of para-hydroxylation sites is 2. The maximum atomic E-state index is 13.0. The van der Waals surface area contributed by atoms with E-state index in [1.165, 1.54) is 44.1 Å². The Morgan fingerprint density at radius 1 is 0.579 bits per heavy atom. The highest BCUT2D eigenvalue weighted by molar-refractivity contribution is 5.87. The van der Waals surface area contributed by atoms with Crippen LogP contribution in [0.25, 0.3) is 21.8 Å². The van der Waals surface area contributed by atoms with Gasteiger partial charge in [-0.1, -0.05) is 97.1 Å². The summed E-state index contributed by atoms with van der Waals surface area (Å²) in [6, 6.07) is 38.2. The summed E-state index contributed by atoms with van der Waals surface area (Å²) in [6.07, 6.45) is 5.98. The lowest BCUT2D eigenvalue weighted by Gasteiger charge is -2.13. The van der Waals surface area contributed by atoms with Gasteiger partial charge in [-0.05, 0) is 54.2 Å². The lowest BCUT2D eigenvalue weighted by Crippen LogP contribution is -2.17. The molecule has 0 aliphatic heterocycles. The van der Waals surface area contributed by atoms with Gasteiger partial charge in [0.15, 0.2) is 0 Å². The van der Waals surface area contributed by atoms with E-state index in [2.05, 4.69) is 131 Å². The molecule has 6 aromatic rings. The molecule has 3 nitrogen and oxygen atoms in total. The van der Waals surface area contributed by atoms with Crippen molar-refractivity contribution >= 4 is 27.6 Å². The monoisotopic (exact) mass is 496 g/mol. The second-order valence-electron chi connectivity index (χ2n) is 10.3. The summed E-state index contributed by atoms with van der Waals surface area (Å²) in [5, 5.41) is 2.47. The zero-order valence-electron chi connectivity index (χ0n) is 21.8. The van der Waals surface area contributed by atoms with Gasteiger partial charge in [0, 0.05) is 53.2 Å². The molecule has 0 unspecified atom stereocenters. The van der Waals surface area contributed by atoms with E-state index >= 15 is 0 Å². The van der Waals surface area contributed by atoms with Crippen LogP contribution in [0.2, 0.25) is 0 Å². The largest absolute Gasteiger partial charge is 0.343 e. The fraction of sp³-hybridized carbons (Fsp3) is 0.171. The van der Waals surface area contributed by atoms with Crippen molar-refractivity contribution in [3.8, 4) is 0 Å². The van der Waals surface area contributed by atoms with E-state index in [4.69, 9.17) is 0 Å². The van der Waals surface area contributed by atoms with E-state index in [1.54, 1.807) is 6.92 Å². The Kier molecular flexibility index (Phi) is 6.66. The van der Waals surface area contributed by atoms with Crippen LogP contribution in [0.1, 0.15) is 29.2 Å². The molecule has 0 saturated heterocycles. The Morgan fingerprint density at radius 2 is 0.974 bits per heavy atom. The van der Waals surface area contributed by atoms with Crippen LogP contribution >= 0.6 is 0 Å². The molecule has 2 aromatic heterocycles. The molecular weight excluding hydrogens is 464 g/mol. The summed E-state index contributed by atoms with van der Waals surface area (Å²) in [5.41, 5.74) is 7.46. The van der Waals surface area contributed by atoms with Crippen molar-refractivity contribution in [3.05, 3.63) is 144 Å². The SMILES string of the molecule is CC(=O)C(Cc1cn(Cc2ccccc2)c2ccccc12)Cc1cn(Cc2ccccc2)c2ccccc12. The van der Waals surface area contributed by atoms with E-state index in [1.807, 2.05) is 0 Å². The van der Waals surface area contributed by atoms with E-state index in [9.17, 15) is 4.79 Å². The average Bonchev–Trinajstić information content (AvgIpc) is 3.47. The first-order chi connectivity index (χ1) is 18.7. The molecule has 0 bridgehead atoms. The molecule has 2 heterocycles. The number of hydrogen-bond acceptors (Lipinski definition) is 1. The zero-order valence-corrected chi connectivity index (χ0v) is 21.8. The number of nitrogens with zero attached hydrogens (tertiary/aromatic N) is 2. The normalized spacial score (nSPS) is 11.5. The topological polar surface area (TPSA) is 26.9 Å². The van der Waals surface area contributed by atoms with Gasteiger partial charge in [-0.15, -0.1) is 0 Å². The Hall–Kier alpha value is -4.37. The molecule has 38 heavy (non-hydrogen) atoms. The van der Waals surface area contributed by atoms with Gasteiger partial charge in [0.05, 0.1) is 0 Å². The number of ketones is 1. The Labute approximate surface area is 224 Å². The van der Waals surface area contributed by atoms with Crippen LogP contribution in [0.5, 0.6) is 0 Å². The zero-order chi connectivity index (χ0) is 25.9. The van der Waals surface area contributed by atoms with Crippen molar-refractivity contribution in [2.45, 2.75) is 32.9 Å². The summed E-state index contributed by atoms with van der Waals surface area (Å²) in [7, 11) is 0. The predicted octanol–water partition coefficient (Wildman–Crippen LogP) is 7.68. The summed E-state index contributed by atoms with van der Waals surface area (Å²) in [5.74, 6) is 0.159. The fourth-order valence-electron chi connectivity index (χ4n) is 5.68. The highest BCUT2D eigenvalue weighted by Crippen LogP contribution is 2.29. The summed E-state index contributed by atoms with van der Waals surface area (Å²) < 4.78 is 4.64. The fourth-order valence-corrected chi connectivity index (χ4v) is 5.68. The predicted molar refractivity (Wildman–Crippen MR) is 157 cm³/mol. The lowest BCUT2D eigenvalue weighted by molar-refractivity contribution is -0.120. The molecule has 0 fully saturated rings. The second kappa shape index (κ2) is 10.5. The van der Waals surface area contributed by atoms with Gasteiger partial charge >= 0.3 is 0 Å². The van der Waals surface area contributed by atoms with Crippen LogP contribution in [-0.2, 0) is 30.7 Å². The molecule has 0 aliphatic rings. The third-order valence-corrected chi connectivity index (χ3v) is 7.64. The van der Waals surface area contributed by atoms with E-state index in [-0.39, 0.29) is 11.7 Å². The molecule has 0 aliphatic carbocycles. The number of hydrogen-bond donors (Lipinski definition) is 0. The number of carbonyl (C=O) groups is 1. The molecule has 0 radical (unpaired) electrons. The minimum atomic E-state index is -0.0815. The highest BCUT2D eigenvalue weighted by atomic mass is 16.1. The van der Waals surface area contributed by atoms with Gasteiger partial charge in [-0.2, -0.15) is 0 Å². The van der Waals surface area contributed by atoms with Crippen molar-refractivity contribution in [3.63, 3.8) is 0 Å². The second-order valence-corrected chi connectivity index (χ2v) is 10.3. The smallest absolute Gasteiger partial charge is 0.133 e. The molecule has 0 spiro atoms. The first-order valence-corrected chi connectivity index (χ1v) is 13.4. The number of carbonyl (C=O) groups excluding carboxylic acids is 1. The Morgan fingerprint density at radius 3 is 1.39 bits per heavy atom. The van der Waals surface area contributed by atoms with Gasteiger partial charge in [-0.25, -0.2) is 0 Å². The number of fused-ring (bicyclic) bond motifs is 2. The lowest BCUT2D eigenvalue weighted by atomic mass is 9.89. The maximum absolute atomic E-state index is 13.0. The molecule has 0 atom stereocenters. The summed E-state index contributed by atoms with van der Waals surface area (Å²) in [6.45, 7) is 3.38. The molecule has 0 amide bonds. The van der Waals surface area contributed by atoms with Crippen LogP contribution in [0, 0.1) is 5.92 Å². The molecule has 0 saturated carbocycles. The first-order valence-electron chi connectivity index (χ1n) is 13.4. The van der Waals surface area contributed by atoms with Crippen LogP contribution in [0.4, 0.5) is 0 Å². The number of Topliss-reactive ketones (excluding diaryl/α,β-unsaturated/α-hetero) is 1. The average molecular weight is 497 g/mol. The van der Waals surface area contributed by atoms with Gasteiger partial charge in [0.1, 0.15) is 5.78 Å². The quantitative estimate of drug-likeness (QED) is 0.202. The molecule has 188 valence electrons. The molecule has 4 aromatic carbocycles. The van der Waals surface area contributed by atoms with E-state index in [0.717, 1.165) is 25.9 Å². The molecule has 3 heteroatoms. The van der Waals surface area contributed by atoms with Gasteiger partial charge in [0.25, 0.3) is 0 Å². The molecule has 0 N–H and O–H groups in total. The summed E-state index contributed by atoms with van der Waals surface area (Å²) >= 11 is 0. The number of benzene rings is 4. The molecule has 6 rings (SSSR count). The number of rotatable bonds is 9. The van der Waals surface area contributed by atoms with E-state index in [0.29, 0.717) is 0 Å². The van der Waals surface area contributed by atoms with Crippen molar-refractivity contribution in [1.29, 1.82) is 0 Å². The van der Waals surface area contributed by atoms with E-state index < -0.39 is 0 Å². The van der Waals surface area contributed by atoms with Crippen LogP contribution in [-0.4, -0.2) is 14.9 Å². The minimum Gasteiger partial charge on any atom is -0.343 e. The maximum Gasteiger partial charge on any atom is 0.133 e. The van der Waals surface area contributed by atoms with Crippen LogP contribution in [0.15, 0.2) is 122 Å². The van der Waals surface area contributed by atoms with Gasteiger partial charge in [-0.3, -0.25) is 4.79 Å². The van der Waals surface area contributed by atoms with Crippen LogP contribution < -0.4 is 0 Å².